The molecule has 1 aliphatic carbocycles. The molecule has 1 aliphatic heterocycles. The summed E-state index contributed by atoms with van der Waals surface area (Å²) in [5.41, 5.74) is 0.715. The van der Waals surface area contributed by atoms with Gasteiger partial charge in [-0.15, -0.1) is 0 Å². The van der Waals surface area contributed by atoms with Crippen LogP contribution in [-0.2, 0) is 16.6 Å². The lowest BCUT2D eigenvalue weighted by molar-refractivity contribution is 0.199. The molecule has 2 aromatic rings. The van der Waals surface area contributed by atoms with Gasteiger partial charge in [0.05, 0.1) is 18.1 Å². The average molecular weight is 404 g/mol. The van der Waals surface area contributed by atoms with Crippen molar-refractivity contribution in [3.63, 3.8) is 0 Å². The molecule has 0 unspecified atom stereocenters. The molecule has 7 nitrogen and oxygen atoms in total. The Balaban J connectivity index is 1.48. The van der Waals surface area contributed by atoms with Crippen LogP contribution in [0.1, 0.15) is 37.7 Å². The molecule has 1 aromatic carbocycles. The molecule has 0 spiro atoms. The van der Waals surface area contributed by atoms with E-state index in [2.05, 4.69) is 9.71 Å². The van der Waals surface area contributed by atoms with Crippen molar-refractivity contribution in [1.29, 1.82) is 0 Å². The quantitative estimate of drug-likeness (QED) is 0.796. The minimum absolute atomic E-state index is 0.104. The van der Waals surface area contributed by atoms with Crippen molar-refractivity contribution in [2.75, 3.05) is 13.2 Å². The Bertz CT molecular complexity index is 926. The molecule has 0 bridgehead atoms. The number of rotatable bonds is 6. The first-order valence-electron chi connectivity index (χ1n) is 9.62. The zero-order valence-corrected chi connectivity index (χ0v) is 16.4. The molecule has 1 aromatic heterocycles. The number of fused-ring (bicyclic) bond motifs is 1. The summed E-state index contributed by atoms with van der Waals surface area (Å²) in [4.78, 5) is 4.43. The highest BCUT2D eigenvalue weighted by Crippen LogP contribution is 2.32. The van der Waals surface area contributed by atoms with Gasteiger partial charge in [0, 0.05) is 30.8 Å². The van der Waals surface area contributed by atoms with Crippen LogP contribution in [0.2, 0.25) is 0 Å². The van der Waals surface area contributed by atoms with Crippen molar-refractivity contribution >= 4 is 10.0 Å². The van der Waals surface area contributed by atoms with Crippen LogP contribution in [0.15, 0.2) is 41.4 Å². The highest BCUT2D eigenvalue weighted by molar-refractivity contribution is 7.89. The lowest BCUT2D eigenvalue weighted by atomic mass is 10.2. The van der Waals surface area contributed by atoms with Crippen molar-refractivity contribution in [3.8, 4) is 17.4 Å². The topological polar surface area (TPSA) is 86.8 Å². The fraction of sp³-hybridized carbons (Fsp3) is 0.450. The van der Waals surface area contributed by atoms with Gasteiger partial charge in [-0.05, 0) is 43.9 Å². The van der Waals surface area contributed by atoms with Crippen molar-refractivity contribution < 1.29 is 22.6 Å². The predicted molar refractivity (Wildman–Crippen MR) is 103 cm³/mol. The average Bonchev–Trinajstić information content (AvgIpc) is 3.09. The zero-order chi connectivity index (χ0) is 19.4. The SMILES string of the molecule is O=S(=O)(NCc1cccnc1OC1CCCC1)c1ccc2c(c1)OCCCO2. The third-order valence-electron chi connectivity index (χ3n) is 4.91. The first-order chi connectivity index (χ1) is 13.6. The molecule has 0 atom stereocenters. The summed E-state index contributed by atoms with van der Waals surface area (Å²) in [6.45, 7) is 1.16. The van der Waals surface area contributed by atoms with E-state index in [-0.39, 0.29) is 17.5 Å². The van der Waals surface area contributed by atoms with Crippen LogP contribution < -0.4 is 18.9 Å². The molecule has 4 rings (SSSR count). The van der Waals surface area contributed by atoms with Crippen LogP contribution in [0, 0.1) is 0 Å². The van der Waals surface area contributed by atoms with Crippen LogP contribution >= 0.6 is 0 Å². The number of sulfonamides is 1. The summed E-state index contributed by atoms with van der Waals surface area (Å²) in [6, 6.07) is 8.26. The van der Waals surface area contributed by atoms with Gasteiger partial charge in [-0.2, -0.15) is 0 Å². The van der Waals surface area contributed by atoms with Gasteiger partial charge >= 0.3 is 0 Å². The Hall–Kier alpha value is -2.32. The minimum atomic E-state index is -3.72. The number of nitrogens with one attached hydrogen (secondary N) is 1. The third-order valence-corrected chi connectivity index (χ3v) is 6.31. The smallest absolute Gasteiger partial charge is 0.241 e. The Labute approximate surface area is 165 Å². The van der Waals surface area contributed by atoms with E-state index in [4.69, 9.17) is 14.2 Å². The summed E-state index contributed by atoms with van der Waals surface area (Å²) >= 11 is 0. The zero-order valence-electron chi connectivity index (χ0n) is 15.6. The summed E-state index contributed by atoms with van der Waals surface area (Å²) in [7, 11) is -3.72. The maximum atomic E-state index is 12.8. The standard InChI is InChI=1S/C20H24N2O5S/c23-28(24,17-8-9-18-19(13-17)26-12-4-11-25-18)22-14-15-5-3-10-21-20(15)27-16-6-1-2-7-16/h3,5,8-10,13,16,22H,1-2,4,6-7,11-12,14H2. The highest BCUT2D eigenvalue weighted by atomic mass is 32.2. The summed E-state index contributed by atoms with van der Waals surface area (Å²) in [5.74, 6) is 1.51. The third kappa shape index (κ3) is 4.39. The number of hydrogen-bond acceptors (Lipinski definition) is 6. The number of pyridine rings is 1. The molecule has 150 valence electrons. The largest absolute Gasteiger partial charge is 0.490 e. The van der Waals surface area contributed by atoms with Crippen LogP contribution in [0.5, 0.6) is 17.4 Å². The molecule has 0 amide bonds. The lowest BCUT2D eigenvalue weighted by Crippen LogP contribution is -2.24. The Morgan fingerprint density at radius 2 is 1.86 bits per heavy atom. The van der Waals surface area contributed by atoms with E-state index in [0.717, 1.165) is 32.1 Å². The molecule has 1 saturated carbocycles. The van der Waals surface area contributed by atoms with Crippen molar-refractivity contribution in [2.45, 2.75) is 49.6 Å². The van der Waals surface area contributed by atoms with Crippen LogP contribution in [0.25, 0.3) is 0 Å². The van der Waals surface area contributed by atoms with E-state index >= 15 is 0 Å². The van der Waals surface area contributed by atoms with Gasteiger partial charge in [0.2, 0.25) is 15.9 Å². The fourth-order valence-corrected chi connectivity index (χ4v) is 4.42. The van der Waals surface area contributed by atoms with Crippen molar-refractivity contribution in [3.05, 3.63) is 42.1 Å². The van der Waals surface area contributed by atoms with Crippen LogP contribution in [0.4, 0.5) is 0 Å². The Morgan fingerprint density at radius 3 is 2.68 bits per heavy atom. The second-order valence-corrected chi connectivity index (χ2v) is 8.74. The lowest BCUT2D eigenvalue weighted by Gasteiger charge is -2.16. The van der Waals surface area contributed by atoms with Gasteiger partial charge in [-0.1, -0.05) is 6.07 Å². The minimum Gasteiger partial charge on any atom is -0.490 e. The summed E-state index contributed by atoms with van der Waals surface area (Å²) in [5, 5.41) is 0. The van der Waals surface area contributed by atoms with Gasteiger partial charge < -0.3 is 14.2 Å². The van der Waals surface area contributed by atoms with E-state index < -0.39 is 10.0 Å². The van der Waals surface area contributed by atoms with Gasteiger partial charge in [0.15, 0.2) is 11.5 Å². The fourth-order valence-electron chi connectivity index (χ4n) is 3.40. The van der Waals surface area contributed by atoms with E-state index in [1.165, 1.54) is 12.1 Å². The Morgan fingerprint density at radius 1 is 1.07 bits per heavy atom. The number of nitrogens with zero attached hydrogens (tertiary/aromatic N) is 1. The van der Waals surface area contributed by atoms with E-state index in [9.17, 15) is 8.42 Å². The molecule has 1 fully saturated rings. The van der Waals surface area contributed by atoms with Crippen LogP contribution in [0.3, 0.4) is 0 Å². The van der Waals surface area contributed by atoms with Gasteiger partial charge in [0.1, 0.15) is 6.10 Å². The van der Waals surface area contributed by atoms with Gasteiger partial charge in [-0.3, -0.25) is 0 Å². The Kier molecular flexibility index (Phi) is 5.68. The summed E-state index contributed by atoms with van der Waals surface area (Å²) < 4.78 is 45.3. The number of aromatic nitrogens is 1. The molecule has 8 heteroatoms. The molecule has 2 heterocycles. The number of benzene rings is 1. The molecule has 2 aliphatic rings. The van der Waals surface area contributed by atoms with Gasteiger partial charge in [-0.25, -0.2) is 18.1 Å². The maximum Gasteiger partial charge on any atom is 0.241 e. The van der Waals surface area contributed by atoms with E-state index in [1.54, 1.807) is 18.3 Å². The predicted octanol–water partition coefficient (Wildman–Crippen LogP) is 3.04. The van der Waals surface area contributed by atoms with Crippen molar-refractivity contribution in [1.82, 2.24) is 9.71 Å². The molecule has 0 radical (unpaired) electrons. The normalized spacial score (nSPS) is 17.3. The molecular formula is C20H24N2O5S. The number of ether oxygens (including phenoxy) is 3. The summed E-state index contributed by atoms with van der Waals surface area (Å²) in [6.07, 6.45) is 6.92. The second-order valence-electron chi connectivity index (χ2n) is 6.98. The number of hydrogen-bond donors (Lipinski definition) is 1. The highest BCUT2D eigenvalue weighted by Gasteiger charge is 2.21. The first-order valence-corrected chi connectivity index (χ1v) is 11.1. The molecule has 28 heavy (non-hydrogen) atoms. The first kappa shape index (κ1) is 19.0. The van der Waals surface area contributed by atoms with E-state index in [0.29, 0.717) is 36.2 Å². The molecular weight excluding hydrogens is 380 g/mol. The molecule has 1 N–H and O–H groups in total. The van der Waals surface area contributed by atoms with Gasteiger partial charge in [0.25, 0.3) is 0 Å². The maximum absolute atomic E-state index is 12.8. The monoisotopic (exact) mass is 404 g/mol. The van der Waals surface area contributed by atoms with Crippen molar-refractivity contribution in [2.24, 2.45) is 0 Å². The van der Waals surface area contributed by atoms with E-state index in [1.807, 2.05) is 6.07 Å². The second kappa shape index (κ2) is 8.36. The molecule has 0 saturated heterocycles. The van der Waals surface area contributed by atoms with Crippen LogP contribution in [-0.4, -0.2) is 32.7 Å².